The van der Waals surface area contributed by atoms with E-state index in [9.17, 15) is 18.0 Å². The molecule has 1 aromatic carbocycles. The van der Waals surface area contributed by atoms with E-state index in [4.69, 9.17) is 4.74 Å². The predicted molar refractivity (Wildman–Crippen MR) is 83.8 cm³/mol. The number of anilines is 1. The van der Waals surface area contributed by atoms with Gasteiger partial charge in [-0.15, -0.1) is 0 Å². The van der Waals surface area contributed by atoms with Crippen molar-refractivity contribution in [3.63, 3.8) is 0 Å². The fourth-order valence-electron chi connectivity index (χ4n) is 2.55. The van der Waals surface area contributed by atoms with Gasteiger partial charge in [0.15, 0.2) is 6.61 Å². The van der Waals surface area contributed by atoms with Gasteiger partial charge in [-0.1, -0.05) is 0 Å². The monoisotopic (exact) mass is 338 g/mol. The molecule has 0 bridgehead atoms. The molecule has 0 saturated heterocycles. The van der Waals surface area contributed by atoms with Gasteiger partial charge in [0, 0.05) is 12.6 Å². The first-order chi connectivity index (χ1) is 10.8. The number of amides is 1. The van der Waals surface area contributed by atoms with E-state index >= 15 is 0 Å². The Kier molecular flexibility index (Phi) is 4.01. The van der Waals surface area contributed by atoms with Crippen molar-refractivity contribution in [2.75, 3.05) is 23.7 Å². The summed E-state index contributed by atoms with van der Waals surface area (Å²) in [5.41, 5.74) is 1.70. The van der Waals surface area contributed by atoms with Gasteiger partial charge in [-0.25, -0.2) is 13.2 Å². The molecule has 0 unspecified atom stereocenters. The number of carbonyl (C=O) groups is 2. The van der Waals surface area contributed by atoms with Gasteiger partial charge in [0.05, 0.1) is 17.5 Å². The van der Waals surface area contributed by atoms with Crippen molar-refractivity contribution in [2.24, 2.45) is 0 Å². The molecule has 1 aliphatic carbocycles. The van der Waals surface area contributed by atoms with Crippen molar-refractivity contribution < 1.29 is 22.7 Å². The second-order valence-corrected chi connectivity index (χ2v) is 7.75. The van der Waals surface area contributed by atoms with Crippen LogP contribution in [-0.4, -0.2) is 45.7 Å². The van der Waals surface area contributed by atoms with Crippen LogP contribution in [-0.2, 0) is 26.0 Å². The minimum absolute atomic E-state index is 0.225. The summed E-state index contributed by atoms with van der Waals surface area (Å²) in [6.45, 7) is 0.0678. The van der Waals surface area contributed by atoms with Crippen LogP contribution in [0.3, 0.4) is 0 Å². The molecule has 124 valence electrons. The second kappa shape index (κ2) is 5.84. The first kappa shape index (κ1) is 15.8. The Morgan fingerprint density at radius 3 is 2.74 bits per heavy atom. The third kappa shape index (κ3) is 3.64. The number of nitrogens with zero attached hydrogens (tertiary/aromatic N) is 1. The molecule has 0 spiro atoms. The zero-order valence-electron chi connectivity index (χ0n) is 12.7. The maximum absolute atomic E-state index is 12.0. The Morgan fingerprint density at radius 2 is 2.09 bits per heavy atom. The molecular formula is C15H18N2O5S. The number of hydrogen-bond donors (Lipinski definition) is 1. The number of benzene rings is 1. The smallest absolute Gasteiger partial charge is 0.338 e. The van der Waals surface area contributed by atoms with E-state index in [2.05, 4.69) is 5.32 Å². The van der Waals surface area contributed by atoms with E-state index in [0.717, 1.165) is 24.7 Å². The van der Waals surface area contributed by atoms with E-state index < -0.39 is 16.0 Å². The number of rotatable bonds is 5. The summed E-state index contributed by atoms with van der Waals surface area (Å²) >= 11 is 0. The van der Waals surface area contributed by atoms with Crippen LogP contribution in [0.5, 0.6) is 0 Å². The summed E-state index contributed by atoms with van der Waals surface area (Å²) in [5.74, 6) is -0.887. The zero-order valence-corrected chi connectivity index (χ0v) is 13.6. The van der Waals surface area contributed by atoms with E-state index in [1.54, 1.807) is 12.1 Å². The van der Waals surface area contributed by atoms with Crippen LogP contribution in [0.1, 0.15) is 28.8 Å². The number of hydrogen-bond acceptors (Lipinski definition) is 5. The number of sulfonamides is 1. The summed E-state index contributed by atoms with van der Waals surface area (Å²) < 4.78 is 29.7. The topological polar surface area (TPSA) is 92.8 Å². The van der Waals surface area contributed by atoms with Crippen molar-refractivity contribution in [1.29, 1.82) is 0 Å². The van der Waals surface area contributed by atoms with Crippen molar-refractivity contribution in [3.05, 3.63) is 29.3 Å². The molecule has 1 saturated carbocycles. The van der Waals surface area contributed by atoms with Crippen molar-refractivity contribution in [1.82, 2.24) is 5.32 Å². The average molecular weight is 338 g/mol. The molecule has 1 fully saturated rings. The lowest BCUT2D eigenvalue weighted by molar-refractivity contribution is -0.124. The minimum atomic E-state index is -3.31. The number of fused-ring (bicyclic) bond motifs is 1. The predicted octanol–water partition coefficient (Wildman–Crippen LogP) is 0.444. The molecule has 1 N–H and O–H groups in total. The lowest BCUT2D eigenvalue weighted by atomic mass is 10.1. The highest BCUT2D eigenvalue weighted by Crippen LogP contribution is 2.30. The van der Waals surface area contributed by atoms with Gasteiger partial charge >= 0.3 is 5.97 Å². The Balaban J connectivity index is 1.65. The fraction of sp³-hybridized carbons (Fsp3) is 0.467. The van der Waals surface area contributed by atoms with Crippen LogP contribution in [0.25, 0.3) is 0 Å². The molecule has 7 nitrogen and oxygen atoms in total. The molecule has 1 amide bonds. The Morgan fingerprint density at radius 1 is 1.35 bits per heavy atom. The molecular weight excluding hydrogens is 320 g/mol. The molecule has 2 aliphatic rings. The Hall–Kier alpha value is -2.09. The normalized spacial score (nSPS) is 16.8. The van der Waals surface area contributed by atoms with Crippen molar-refractivity contribution in [2.45, 2.75) is 25.3 Å². The highest BCUT2D eigenvalue weighted by molar-refractivity contribution is 7.92. The van der Waals surface area contributed by atoms with E-state index in [1.165, 1.54) is 10.4 Å². The van der Waals surface area contributed by atoms with E-state index in [0.29, 0.717) is 24.2 Å². The number of nitrogens with one attached hydrogen (secondary N) is 1. The number of esters is 1. The van der Waals surface area contributed by atoms with Gasteiger partial charge in [-0.3, -0.25) is 9.10 Å². The third-order valence-corrected chi connectivity index (χ3v) is 5.03. The first-order valence-electron chi connectivity index (χ1n) is 7.42. The SMILES string of the molecule is CS(=O)(=O)N1CCc2cc(C(=O)OCC(=O)NC3CC3)ccc21. The van der Waals surface area contributed by atoms with Gasteiger partial charge in [-0.05, 0) is 43.0 Å². The summed E-state index contributed by atoms with van der Waals surface area (Å²) in [4.78, 5) is 23.5. The minimum Gasteiger partial charge on any atom is -0.452 e. The van der Waals surface area contributed by atoms with Gasteiger partial charge in [-0.2, -0.15) is 0 Å². The maximum atomic E-state index is 12.0. The average Bonchev–Trinajstić information content (AvgIpc) is 3.18. The molecule has 3 rings (SSSR count). The van der Waals surface area contributed by atoms with Crippen LogP contribution >= 0.6 is 0 Å². The van der Waals surface area contributed by atoms with Gasteiger partial charge in [0.25, 0.3) is 5.91 Å². The molecule has 0 radical (unpaired) electrons. The highest BCUT2D eigenvalue weighted by Gasteiger charge is 2.27. The van der Waals surface area contributed by atoms with Crippen LogP contribution in [0.2, 0.25) is 0 Å². The van der Waals surface area contributed by atoms with Crippen LogP contribution in [0.15, 0.2) is 18.2 Å². The summed E-state index contributed by atoms with van der Waals surface area (Å²) in [7, 11) is -3.31. The van der Waals surface area contributed by atoms with Crippen LogP contribution in [0, 0.1) is 0 Å². The quantitative estimate of drug-likeness (QED) is 0.787. The lowest BCUT2D eigenvalue weighted by Crippen LogP contribution is -2.30. The molecule has 1 heterocycles. The number of ether oxygens (including phenoxy) is 1. The highest BCUT2D eigenvalue weighted by atomic mass is 32.2. The lowest BCUT2D eigenvalue weighted by Gasteiger charge is -2.16. The molecule has 8 heteroatoms. The Labute approximate surface area is 134 Å². The van der Waals surface area contributed by atoms with Crippen molar-refractivity contribution in [3.8, 4) is 0 Å². The zero-order chi connectivity index (χ0) is 16.6. The largest absolute Gasteiger partial charge is 0.452 e. The van der Waals surface area contributed by atoms with Gasteiger partial charge in [0.2, 0.25) is 10.0 Å². The van der Waals surface area contributed by atoms with Gasteiger partial charge < -0.3 is 10.1 Å². The molecule has 0 atom stereocenters. The number of carbonyl (C=O) groups excluding carboxylic acids is 2. The van der Waals surface area contributed by atoms with Crippen LogP contribution < -0.4 is 9.62 Å². The first-order valence-corrected chi connectivity index (χ1v) is 9.26. The maximum Gasteiger partial charge on any atom is 0.338 e. The molecule has 1 aromatic rings. The Bertz CT molecular complexity index is 755. The van der Waals surface area contributed by atoms with Crippen LogP contribution in [0.4, 0.5) is 5.69 Å². The summed E-state index contributed by atoms with van der Waals surface area (Å²) in [6.07, 6.45) is 3.65. The molecule has 23 heavy (non-hydrogen) atoms. The molecule has 0 aromatic heterocycles. The standard InChI is InChI=1S/C15H18N2O5S/c1-23(20,21)17-7-6-10-8-11(2-5-13(10)17)15(19)22-9-14(18)16-12-3-4-12/h2,5,8,12H,3-4,6-7,9H2,1H3,(H,16,18). The summed E-state index contributed by atoms with van der Waals surface area (Å²) in [5, 5.41) is 2.74. The van der Waals surface area contributed by atoms with Gasteiger partial charge in [0.1, 0.15) is 0 Å². The van der Waals surface area contributed by atoms with E-state index in [1.807, 2.05) is 0 Å². The summed E-state index contributed by atoms with van der Waals surface area (Å²) in [6, 6.07) is 4.97. The third-order valence-electron chi connectivity index (χ3n) is 3.85. The molecule has 1 aliphatic heterocycles. The fourth-order valence-corrected chi connectivity index (χ4v) is 3.51. The van der Waals surface area contributed by atoms with Crippen molar-refractivity contribution >= 4 is 27.6 Å². The van der Waals surface area contributed by atoms with E-state index in [-0.39, 0.29) is 18.6 Å². The second-order valence-electron chi connectivity index (χ2n) is 5.85.